The van der Waals surface area contributed by atoms with Gasteiger partial charge in [0.1, 0.15) is 23.0 Å². The van der Waals surface area contributed by atoms with Crippen LogP contribution in [0.4, 0.5) is 10.1 Å². The molecule has 0 saturated carbocycles. The van der Waals surface area contributed by atoms with Gasteiger partial charge >= 0.3 is 0 Å². The number of methoxy groups -OCH3 is 1. The molecule has 1 heterocycles. The Kier molecular flexibility index (Phi) is 5.48. The zero-order chi connectivity index (χ0) is 19.4. The van der Waals surface area contributed by atoms with Crippen molar-refractivity contribution in [1.29, 1.82) is 0 Å². The van der Waals surface area contributed by atoms with Crippen LogP contribution < -0.4 is 14.2 Å². The summed E-state index contributed by atoms with van der Waals surface area (Å²) >= 11 is 5.67. The molecule has 0 amide bonds. The minimum atomic E-state index is -4.02. The first-order valence-electron chi connectivity index (χ1n) is 7.64. The first-order chi connectivity index (χ1) is 12.9. The molecule has 6 nitrogen and oxygen atoms in total. The van der Waals surface area contributed by atoms with Crippen LogP contribution in [0.1, 0.15) is 0 Å². The average molecular weight is 409 g/mol. The predicted octanol–water partition coefficient (Wildman–Crippen LogP) is 4.48. The average Bonchev–Trinajstić information content (AvgIpc) is 2.66. The quantitative estimate of drug-likeness (QED) is 0.650. The number of hydrogen-bond donors (Lipinski definition) is 1. The minimum absolute atomic E-state index is 0.0550. The van der Waals surface area contributed by atoms with Crippen molar-refractivity contribution in [2.75, 3.05) is 11.8 Å². The molecule has 3 aromatic rings. The Labute approximate surface area is 160 Å². The smallest absolute Gasteiger partial charge is 0.262 e. The van der Waals surface area contributed by atoms with Gasteiger partial charge in [-0.1, -0.05) is 11.6 Å². The highest BCUT2D eigenvalue weighted by Gasteiger charge is 2.19. The van der Waals surface area contributed by atoms with Crippen LogP contribution in [-0.2, 0) is 10.0 Å². The van der Waals surface area contributed by atoms with Gasteiger partial charge in [0.2, 0.25) is 5.88 Å². The Hall–Kier alpha value is -2.84. The second-order valence-electron chi connectivity index (χ2n) is 5.32. The van der Waals surface area contributed by atoms with Crippen LogP contribution >= 0.6 is 11.6 Å². The van der Waals surface area contributed by atoms with E-state index in [-0.39, 0.29) is 21.5 Å². The maximum absolute atomic E-state index is 13.3. The third-order valence-electron chi connectivity index (χ3n) is 3.49. The van der Waals surface area contributed by atoms with E-state index >= 15 is 0 Å². The number of ether oxygens (including phenoxy) is 2. The highest BCUT2D eigenvalue weighted by Crippen LogP contribution is 2.30. The fourth-order valence-electron chi connectivity index (χ4n) is 2.15. The Morgan fingerprint density at radius 2 is 1.78 bits per heavy atom. The van der Waals surface area contributed by atoms with Crippen molar-refractivity contribution in [3.63, 3.8) is 0 Å². The summed E-state index contributed by atoms with van der Waals surface area (Å²) in [6, 6.07) is 12.9. The third kappa shape index (κ3) is 4.47. The zero-order valence-electron chi connectivity index (χ0n) is 14.0. The third-order valence-corrected chi connectivity index (χ3v) is 5.14. The molecule has 9 heteroatoms. The summed E-state index contributed by atoms with van der Waals surface area (Å²) in [5.41, 5.74) is 0.119. The number of rotatable bonds is 6. The molecule has 0 aliphatic heterocycles. The molecule has 3 rings (SSSR count). The molecule has 0 aliphatic rings. The molecule has 2 aromatic carbocycles. The molecule has 0 radical (unpaired) electrons. The summed E-state index contributed by atoms with van der Waals surface area (Å²) in [4.78, 5) is 3.87. The largest absolute Gasteiger partial charge is 0.497 e. The number of anilines is 1. The maximum atomic E-state index is 13.3. The summed E-state index contributed by atoms with van der Waals surface area (Å²) in [7, 11) is -2.47. The lowest BCUT2D eigenvalue weighted by Gasteiger charge is -2.13. The van der Waals surface area contributed by atoms with Gasteiger partial charge < -0.3 is 9.47 Å². The Morgan fingerprint density at radius 3 is 2.44 bits per heavy atom. The summed E-state index contributed by atoms with van der Waals surface area (Å²) in [5.74, 6) is 0.442. The monoisotopic (exact) mass is 408 g/mol. The maximum Gasteiger partial charge on any atom is 0.262 e. The molecule has 1 aromatic heterocycles. The standard InChI is InChI=1S/C18H14ClFN2O4S/c1-25-12-4-6-13(7-5-12)26-18-17(3-2-10-21-18)22-27(23,24)14-8-9-16(20)15(19)11-14/h2-11,22H,1H3. The van der Waals surface area contributed by atoms with Crippen molar-refractivity contribution in [2.45, 2.75) is 4.90 Å². The highest BCUT2D eigenvalue weighted by molar-refractivity contribution is 7.92. The number of aromatic nitrogens is 1. The van der Waals surface area contributed by atoms with Crippen LogP contribution in [0.15, 0.2) is 65.7 Å². The van der Waals surface area contributed by atoms with E-state index in [4.69, 9.17) is 21.1 Å². The molecule has 0 spiro atoms. The lowest BCUT2D eigenvalue weighted by Crippen LogP contribution is -2.14. The van der Waals surface area contributed by atoms with E-state index in [0.29, 0.717) is 11.5 Å². The molecule has 27 heavy (non-hydrogen) atoms. The molecule has 0 saturated heterocycles. The van der Waals surface area contributed by atoms with E-state index in [1.54, 1.807) is 37.4 Å². The fourth-order valence-corrected chi connectivity index (χ4v) is 3.48. The van der Waals surface area contributed by atoms with Crippen molar-refractivity contribution in [3.8, 4) is 17.4 Å². The van der Waals surface area contributed by atoms with Crippen molar-refractivity contribution < 1.29 is 22.3 Å². The molecule has 0 bridgehead atoms. The van der Waals surface area contributed by atoms with E-state index in [0.717, 1.165) is 18.2 Å². The molecule has 1 N–H and O–H groups in total. The number of halogens is 2. The van der Waals surface area contributed by atoms with Crippen LogP contribution in [0.5, 0.6) is 17.4 Å². The van der Waals surface area contributed by atoms with Gasteiger partial charge in [-0.15, -0.1) is 0 Å². The summed E-state index contributed by atoms with van der Waals surface area (Å²) in [6.07, 6.45) is 1.46. The van der Waals surface area contributed by atoms with Crippen LogP contribution in [-0.4, -0.2) is 20.5 Å². The number of sulfonamides is 1. The zero-order valence-corrected chi connectivity index (χ0v) is 15.6. The summed E-state index contributed by atoms with van der Waals surface area (Å²) in [6.45, 7) is 0. The predicted molar refractivity (Wildman–Crippen MR) is 99.5 cm³/mol. The van der Waals surface area contributed by atoms with Gasteiger partial charge in [0.05, 0.1) is 17.0 Å². The topological polar surface area (TPSA) is 77.5 Å². The lowest BCUT2D eigenvalue weighted by atomic mass is 10.3. The molecule has 0 fully saturated rings. The number of pyridine rings is 1. The Balaban J connectivity index is 1.87. The number of benzene rings is 2. The molecular formula is C18H14ClFN2O4S. The Morgan fingerprint density at radius 1 is 1.07 bits per heavy atom. The second-order valence-corrected chi connectivity index (χ2v) is 7.40. The molecule has 0 aliphatic carbocycles. The van der Waals surface area contributed by atoms with Crippen molar-refractivity contribution >= 4 is 27.3 Å². The van der Waals surface area contributed by atoms with Gasteiger partial charge in [-0.05, 0) is 54.6 Å². The fraction of sp³-hybridized carbons (Fsp3) is 0.0556. The summed E-state index contributed by atoms with van der Waals surface area (Å²) in [5, 5.41) is -0.293. The van der Waals surface area contributed by atoms with Crippen LogP contribution in [0.2, 0.25) is 5.02 Å². The second kappa shape index (κ2) is 7.81. The van der Waals surface area contributed by atoms with Crippen LogP contribution in [0, 0.1) is 5.82 Å². The van der Waals surface area contributed by atoms with E-state index in [9.17, 15) is 12.8 Å². The van der Waals surface area contributed by atoms with Gasteiger partial charge in [0, 0.05) is 6.20 Å². The van der Waals surface area contributed by atoms with Crippen LogP contribution in [0.3, 0.4) is 0 Å². The first kappa shape index (κ1) is 18.9. The van der Waals surface area contributed by atoms with E-state index in [2.05, 4.69) is 9.71 Å². The van der Waals surface area contributed by atoms with Crippen molar-refractivity contribution in [1.82, 2.24) is 4.98 Å². The Bertz CT molecular complexity index is 1060. The molecule has 140 valence electrons. The van der Waals surface area contributed by atoms with E-state index < -0.39 is 15.8 Å². The van der Waals surface area contributed by atoms with E-state index in [1.807, 2.05) is 0 Å². The molecule has 0 atom stereocenters. The summed E-state index contributed by atoms with van der Waals surface area (Å²) < 4.78 is 51.5. The van der Waals surface area contributed by atoms with Gasteiger partial charge in [-0.25, -0.2) is 17.8 Å². The SMILES string of the molecule is COc1ccc(Oc2ncccc2NS(=O)(=O)c2ccc(F)c(Cl)c2)cc1. The van der Waals surface area contributed by atoms with Crippen molar-refractivity contribution in [2.24, 2.45) is 0 Å². The van der Waals surface area contributed by atoms with Gasteiger partial charge in [-0.3, -0.25) is 4.72 Å². The molecule has 0 unspecified atom stereocenters. The highest BCUT2D eigenvalue weighted by atomic mass is 35.5. The van der Waals surface area contributed by atoms with Gasteiger partial charge in [-0.2, -0.15) is 0 Å². The van der Waals surface area contributed by atoms with Gasteiger partial charge in [0.15, 0.2) is 0 Å². The van der Waals surface area contributed by atoms with E-state index in [1.165, 1.54) is 12.3 Å². The lowest BCUT2D eigenvalue weighted by molar-refractivity contribution is 0.412. The van der Waals surface area contributed by atoms with Crippen LogP contribution in [0.25, 0.3) is 0 Å². The molecular weight excluding hydrogens is 395 g/mol. The first-order valence-corrected chi connectivity index (χ1v) is 9.50. The number of nitrogens with zero attached hydrogens (tertiary/aromatic N) is 1. The normalized spacial score (nSPS) is 11.1. The minimum Gasteiger partial charge on any atom is -0.497 e. The number of hydrogen-bond acceptors (Lipinski definition) is 5. The van der Waals surface area contributed by atoms with Gasteiger partial charge in [0.25, 0.3) is 10.0 Å². The number of nitrogens with one attached hydrogen (secondary N) is 1. The van der Waals surface area contributed by atoms with Crippen molar-refractivity contribution in [3.05, 3.63) is 71.6 Å².